The molecule has 0 atom stereocenters. The number of nitrogens with zero attached hydrogens (tertiary/aromatic N) is 2. The van der Waals surface area contributed by atoms with Crippen molar-refractivity contribution in [3.8, 4) is 0 Å². The second-order valence-electron chi connectivity index (χ2n) is 2.33. The summed E-state index contributed by atoms with van der Waals surface area (Å²) in [5.74, 6) is 0.779. The molecular weight excluding hydrogens is 243 g/mol. The third-order valence-electron chi connectivity index (χ3n) is 1.52. The molecule has 0 aromatic carbocycles. The lowest BCUT2D eigenvalue weighted by molar-refractivity contribution is 0.564. The van der Waals surface area contributed by atoms with Gasteiger partial charge in [0.25, 0.3) is 0 Å². The summed E-state index contributed by atoms with van der Waals surface area (Å²) in [6, 6.07) is 0. The quantitative estimate of drug-likeness (QED) is 0.672. The van der Waals surface area contributed by atoms with Crippen LogP contribution < -0.4 is 0 Å². The Hall–Kier alpha value is -0.610. The van der Waals surface area contributed by atoms with E-state index in [0.29, 0.717) is 5.71 Å². The molecule has 0 saturated carbocycles. The second-order valence-corrected chi connectivity index (χ2v) is 3.46. The number of hydrogen-bond donors (Lipinski definition) is 0. The second kappa shape index (κ2) is 2.71. The highest BCUT2D eigenvalue weighted by molar-refractivity contribution is 9.10. The van der Waals surface area contributed by atoms with Crippen LogP contribution in [0.4, 0.5) is 0 Å². The van der Waals surface area contributed by atoms with E-state index >= 15 is 0 Å². The van der Waals surface area contributed by atoms with E-state index in [0.717, 1.165) is 15.6 Å². The highest BCUT2D eigenvalue weighted by atomic mass is 79.9. The van der Waals surface area contributed by atoms with E-state index in [1.165, 1.54) is 0 Å². The summed E-state index contributed by atoms with van der Waals surface area (Å²) >= 11 is 8.94. The zero-order valence-corrected chi connectivity index (χ0v) is 8.48. The molecule has 12 heavy (non-hydrogen) atoms. The van der Waals surface area contributed by atoms with Gasteiger partial charge < -0.3 is 4.42 Å². The van der Waals surface area contributed by atoms with Crippen molar-refractivity contribution in [1.82, 2.24) is 9.97 Å². The van der Waals surface area contributed by atoms with E-state index in [1.54, 1.807) is 6.20 Å². The molecule has 2 aromatic heterocycles. The van der Waals surface area contributed by atoms with Gasteiger partial charge in [0, 0.05) is 6.20 Å². The van der Waals surface area contributed by atoms with Crippen LogP contribution in [0, 0.1) is 6.92 Å². The molecule has 0 unspecified atom stereocenters. The maximum absolute atomic E-state index is 5.58. The minimum atomic E-state index is 0.198. The molecule has 0 aliphatic heterocycles. The van der Waals surface area contributed by atoms with Gasteiger partial charge in [0.2, 0.25) is 11.0 Å². The average Bonchev–Trinajstić information content (AvgIpc) is 2.28. The molecule has 0 amide bonds. The summed E-state index contributed by atoms with van der Waals surface area (Å²) in [5, 5.41) is 1.04. The van der Waals surface area contributed by atoms with E-state index < -0.39 is 0 Å². The highest BCUT2D eigenvalue weighted by Gasteiger charge is 2.09. The molecule has 2 rings (SSSR count). The Bertz CT molecular complexity index is 440. The SMILES string of the molecule is Cc1oc2nc(Cl)ncc2c1Br. The van der Waals surface area contributed by atoms with Gasteiger partial charge in [-0.05, 0) is 34.5 Å². The van der Waals surface area contributed by atoms with Gasteiger partial charge in [0.1, 0.15) is 5.76 Å². The number of furan rings is 1. The summed E-state index contributed by atoms with van der Waals surface area (Å²) < 4.78 is 6.18. The number of rotatable bonds is 0. The van der Waals surface area contributed by atoms with Crippen molar-refractivity contribution in [1.29, 1.82) is 0 Å². The van der Waals surface area contributed by atoms with Crippen LogP contribution in [0.2, 0.25) is 5.28 Å². The molecule has 3 nitrogen and oxygen atoms in total. The molecule has 0 radical (unpaired) electrons. The molecule has 0 aliphatic rings. The van der Waals surface area contributed by atoms with Crippen LogP contribution in [0.1, 0.15) is 5.76 Å². The van der Waals surface area contributed by atoms with E-state index in [1.807, 2.05) is 6.92 Å². The van der Waals surface area contributed by atoms with Crippen molar-refractivity contribution in [3.05, 3.63) is 21.7 Å². The predicted molar refractivity (Wildman–Crippen MR) is 49.3 cm³/mol. The molecule has 0 saturated heterocycles. The fourth-order valence-electron chi connectivity index (χ4n) is 0.954. The molecule has 2 heterocycles. The first-order valence-corrected chi connectivity index (χ1v) is 4.42. The Morgan fingerprint density at radius 2 is 2.33 bits per heavy atom. The first kappa shape index (κ1) is 8.01. The lowest BCUT2D eigenvalue weighted by atomic mass is 10.4. The van der Waals surface area contributed by atoms with Crippen LogP contribution >= 0.6 is 27.5 Å². The highest BCUT2D eigenvalue weighted by Crippen LogP contribution is 2.28. The molecule has 0 fully saturated rings. The minimum Gasteiger partial charge on any atom is -0.442 e. The van der Waals surface area contributed by atoms with Gasteiger partial charge in [0.15, 0.2) is 0 Å². The summed E-state index contributed by atoms with van der Waals surface area (Å²) in [4.78, 5) is 7.76. The third kappa shape index (κ3) is 1.11. The fourth-order valence-corrected chi connectivity index (χ4v) is 1.43. The van der Waals surface area contributed by atoms with Crippen LogP contribution in [0.5, 0.6) is 0 Å². The van der Waals surface area contributed by atoms with E-state index in [2.05, 4.69) is 25.9 Å². The van der Waals surface area contributed by atoms with Crippen molar-refractivity contribution in [3.63, 3.8) is 0 Å². The average molecular weight is 247 g/mol. The predicted octanol–water partition coefficient (Wildman–Crippen LogP) is 2.95. The number of halogens is 2. The van der Waals surface area contributed by atoms with E-state index in [9.17, 15) is 0 Å². The number of fused-ring (bicyclic) bond motifs is 1. The molecule has 0 spiro atoms. The maximum Gasteiger partial charge on any atom is 0.231 e. The van der Waals surface area contributed by atoms with Gasteiger partial charge in [-0.25, -0.2) is 4.98 Å². The van der Waals surface area contributed by atoms with Gasteiger partial charge in [-0.2, -0.15) is 4.98 Å². The summed E-state index contributed by atoms with van der Waals surface area (Å²) in [7, 11) is 0. The fraction of sp³-hybridized carbons (Fsp3) is 0.143. The molecule has 5 heteroatoms. The first-order chi connectivity index (χ1) is 5.68. The summed E-state index contributed by atoms with van der Waals surface area (Å²) in [5.41, 5.74) is 0.513. The van der Waals surface area contributed by atoms with Crippen LogP contribution in [0.3, 0.4) is 0 Å². The third-order valence-corrected chi connectivity index (χ3v) is 2.69. The van der Waals surface area contributed by atoms with Gasteiger partial charge in [-0.1, -0.05) is 0 Å². The zero-order valence-electron chi connectivity index (χ0n) is 6.14. The van der Waals surface area contributed by atoms with Crippen molar-refractivity contribution in [2.45, 2.75) is 6.92 Å². The number of aryl methyl sites for hydroxylation is 1. The molecule has 0 aliphatic carbocycles. The smallest absolute Gasteiger partial charge is 0.231 e. The minimum absolute atomic E-state index is 0.198. The molecular formula is C7H4BrClN2O. The molecule has 62 valence electrons. The topological polar surface area (TPSA) is 38.9 Å². The monoisotopic (exact) mass is 246 g/mol. The van der Waals surface area contributed by atoms with Crippen molar-refractivity contribution < 1.29 is 4.42 Å². The van der Waals surface area contributed by atoms with Crippen molar-refractivity contribution >= 4 is 38.6 Å². The van der Waals surface area contributed by atoms with Crippen LogP contribution in [-0.4, -0.2) is 9.97 Å². The number of hydrogen-bond acceptors (Lipinski definition) is 3. The van der Waals surface area contributed by atoms with Gasteiger partial charge in [-0.3, -0.25) is 0 Å². The maximum atomic E-state index is 5.58. The Morgan fingerprint density at radius 3 is 3.08 bits per heavy atom. The summed E-state index contributed by atoms with van der Waals surface area (Å²) in [6.07, 6.45) is 1.63. The zero-order chi connectivity index (χ0) is 8.72. The first-order valence-electron chi connectivity index (χ1n) is 3.25. The van der Waals surface area contributed by atoms with Crippen molar-refractivity contribution in [2.75, 3.05) is 0 Å². The van der Waals surface area contributed by atoms with Gasteiger partial charge in [0.05, 0.1) is 9.86 Å². The molecule has 0 bridgehead atoms. The Labute approximate surface area is 81.9 Å². The Morgan fingerprint density at radius 1 is 1.58 bits per heavy atom. The van der Waals surface area contributed by atoms with Gasteiger partial charge >= 0.3 is 0 Å². The Balaban J connectivity index is 2.87. The lowest BCUT2D eigenvalue weighted by Gasteiger charge is -1.86. The van der Waals surface area contributed by atoms with E-state index in [-0.39, 0.29) is 5.28 Å². The van der Waals surface area contributed by atoms with E-state index in [4.69, 9.17) is 16.0 Å². The molecule has 0 N–H and O–H groups in total. The van der Waals surface area contributed by atoms with Crippen LogP contribution in [-0.2, 0) is 0 Å². The standard InChI is InChI=1S/C7H4BrClN2O/c1-3-5(8)4-2-10-7(9)11-6(4)12-3/h2H,1H3. The lowest BCUT2D eigenvalue weighted by Crippen LogP contribution is -1.79. The van der Waals surface area contributed by atoms with Crippen LogP contribution in [0.15, 0.2) is 15.1 Å². The Kier molecular flexibility index (Phi) is 1.81. The molecule has 2 aromatic rings. The summed E-state index contributed by atoms with van der Waals surface area (Å²) in [6.45, 7) is 1.85. The number of aromatic nitrogens is 2. The van der Waals surface area contributed by atoms with Crippen molar-refractivity contribution in [2.24, 2.45) is 0 Å². The van der Waals surface area contributed by atoms with Crippen LogP contribution in [0.25, 0.3) is 11.1 Å². The van der Waals surface area contributed by atoms with Gasteiger partial charge in [-0.15, -0.1) is 0 Å². The normalized spacial score (nSPS) is 10.9. The largest absolute Gasteiger partial charge is 0.442 e.